The lowest BCUT2D eigenvalue weighted by Crippen LogP contribution is -2.38. The van der Waals surface area contributed by atoms with Crippen molar-refractivity contribution < 1.29 is 27.8 Å². The van der Waals surface area contributed by atoms with Gasteiger partial charge in [-0.3, -0.25) is 0 Å². The summed E-state index contributed by atoms with van der Waals surface area (Å²) < 4.78 is 46.0. The summed E-state index contributed by atoms with van der Waals surface area (Å²) in [5, 5.41) is 13.8. The lowest BCUT2D eigenvalue weighted by atomic mass is 10.0. The number of rotatable bonds is 10. The summed E-state index contributed by atoms with van der Waals surface area (Å²) in [7, 11) is 0. The van der Waals surface area contributed by atoms with Crippen LogP contribution in [0.3, 0.4) is 0 Å². The van der Waals surface area contributed by atoms with Crippen molar-refractivity contribution in [1.29, 1.82) is 0 Å². The molecule has 6 nitrogen and oxygen atoms in total. The number of aliphatic carboxylic acids is 1. The molecule has 0 bridgehead atoms. The summed E-state index contributed by atoms with van der Waals surface area (Å²) in [6, 6.07) is 10.6. The smallest absolute Gasteiger partial charge is 0.416 e. The molecule has 0 radical (unpaired) electrons. The fraction of sp³-hybridized carbons (Fsp3) is 0.423. The van der Waals surface area contributed by atoms with E-state index in [2.05, 4.69) is 10.1 Å². The summed E-state index contributed by atoms with van der Waals surface area (Å²) >= 11 is 0. The van der Waals surface area contributed by atoms with Crippen LogP contribution >= 0.6 is 0 Å². The first-order valence-electron chi connectivity index (χ1n) is 11.5. The third-order valence-electron chi connectivity index (χ3n) is 5.64. The quantitative estimate of drug-likeness (QED) is 0.372. The topological polar surface area (TPSA) is 77.2 Å². The molecule has 0 fully saturated rings. The Morgan fingerprint density at radius 3 is 2.34 bits per heavy atom. The molecule has 3 aromatic rings. The Labute approximate surface area is 202 Å². The summed E-state index contributed by atoms with van der Waals surface area (Å²) in [6.45, 7) is 7.60. The molecule has 0 saturated heterocycles. The molecule has 1 heterocycles. The number of carbonyl (C=O) groups is 1. The third kappa shape index (κ3) is 6.61. The number of carboxylic acid groups (broad SMARTS) is 1. The van der Waals surface area contributed by atoms with E-state index in [9.17, 15) is 23.1 Å². The molecule has 0 aliphatic rings. The minimum atomic E-state index is -4.38. The van der Waals surface area contributed by atoms with Crippen LogP contribution in [0.4, 0.5) is 13.2 Å². The summed E-state index contributed by atoms with van der Waals surface area (Å²) in [4.78, 5) is 15.9. The van der Waals surface area contributed by atoms with Crippen molar-refractivity contribution in [2.45, 2.75) is 71.7 Å². The summed E-state index contributed by atoms with van der Waals surface area (Å²) in [5.41, 5.74) is 0.473. The van der Waals surface area contributed by atoms with Gasteiger partial charge in [0.25, 0.3) is 0 Å². The zero-order valence-electron chi connectivity index (χ0n) is 20.3. The van der Waals surface area contributed by atoms with Crippen LogP contribution in [-0.4, -0.2) is 31.4 Å². The van der Waals surface area contributed by atoms with Gasteiger partial charge < -0.3 is 9.84 Å². The number of hydrogen-bond donors (Lipinski definition) is 1. The van der Waals surface area contributed by atoms with Crippen LogP contribution in [-0.2, 0) is 30.4 Å². The number of hydrogen-bond acceptors (Lipinski definition) is 4. The highest BCUT2D eigenvalue weighted by Gasteiger charge is 2.31. The van der Waals surface area contributed by atoms with Crippen molar-refractivity contribution in [2.75, 3.05) is 0 Å². The number of aryl methyl sites for hydroxylation is 4. The molecule has 2 aromatic carbocycles. The third-order valence-corrected chi connectivity index (χ3v) is 5.64. The maximum Gasteiger partial charge on any atom is 0.416 e. The minimum absolute atomic E-state index is 0.417. The molecule has 0 spiro atoms. The fourth-order valence-corrected chi connectivity index (χ4v) is 3.63. The van der Waals surface area contributed by atoms with Crippen LogP contribution < -0.4 is 4.74 Å². The van der Waals surface area contributed by atoms with Crippen LogP contribution in [0.15, 0.2) is 42.5 Å². The minimum Gasteiger partial charge on any atom is -0.478 e. The molecule has 0 amide bonds. The molecule has 0 aliphatic carbocycles. The Kier molecular flexibility index (Phi) is 7.87. The van der Waals surface area contributed by atoms with Crippen molar-refractivity contribution >= 4 is 5.97 Å². The van der Waals surface area contributed by atoms with Gasteiger partial charge in [-0.25, -0.2) is 14.5 Å². The molecule has 0 saturated carbocycles. The fourth-order valence-electron chi connectivity index (χ4n) is 3.63. The maximum atomic E-state index is 12.9. The number of benzene rings is 2. The molecular weight excluding hydrogens is 459 g/mol. The summed E-state index contributed by atoms with van der Waals surface area (Å²) in [6.07, 6.45) is -1.28. The monoisotopic (exact) mass is 489 g/mol. The molecule has 9 heteroatoms. The summed E-state index contributed by atoms with van der Waals surface area (Å²) in [5.74, 6) is 0.708. The molecule has 3 rings (SSSR count). The Morgan fingerprint density at radius 2 is 1.77 bits per heavy atom. The zero-order chi connectivity index (χ0) is 25.8. The first kappa shape index (κ1) is 26.2. The largest absolute Gasteiger partial charge is 0.478 e. The van der Waals surface area contributed by atoms with E-state index in [1.165, 1.54) is 26.0 Å². The highest BCUT2D eigenvalue weighted by atomic mass is 19.4. The van der Waals surface area contributed by atoms with Crippen LogP contribution in [0.1, 0.15) is 56.1 Å². The molecule has 1 aromatic heterocycles. The van der Waals surface area contributed by atoms with Crippen molar-refractivity contribution in [1.82, 2.24) is 14.8 Å². The van der Waals surface area contributed by atoms with Crippen molar-refractivity contribution in [3.05, 3.63) is 65.0 Å². The molecule has 0 atom stereocenters. The van der Waals surface area contributed by atoms with Gasteiger partial charge in [0.1, 0.15) is 11.6 Å². The molecule has 35 heavy (non-hydrogen) atoms. The van der Waals surface area contributed by atoms with Gasteiger partial charge in [0.15, 0.2) is 11.4 Å². The van der Waals surface area contributed by atoms with Crippen LogP contribution in [0, 0.1) is 6.92 Å². The van der Waals surface area contributed by atoms with Gasteiger partial charge in [0, 0.05) is 18.5 Å². The Morgan fingerprint density at radius 1 is 1.09 bits per heavy atom. The molecular formula is C26H30F3N3O3. The second kappa shape index (κ2) is 10.5. The van der Waals surface area contributed by atoms with Crippen molar-refractivity contribution in [3.8, 4) is 17.1 Å². The first-order valence-corrected chi connectivity index (χ1v) is 11.5. The second-order valence-electron chi connectivity index (χ2n) is 9.02. The van der Waals surface area contributed by atoms with E-state index in [0.29, 0.717) is 30.1 Å². The number of alkyl halides is 3. The lowest BCUT2D eigenvalue weighted by molar-refractivity contribution is -0.152. The second-order valence-corrected chi connectivity index (χ2v) is 9.02. The van der Waals surface area contributed by atoms with Gasteiger partial charge in [0.05, 0.1) is 5.56 Å². The standard InChI is InChI=1S/C26H30F3N3O3/c1-5-15-32-22(30-23(31-32)19-10-12-20(13-11-19)26(27,28)29)8-6-7-18-9-14-21(17(2)16-18)35-25(3,4)24(33)34/h9-14,16H,5-8,15H2,1-4H3,(H,33,34). The number of ether oxygens (including phenoxy) is 1. The molecule has 1 N–H and O–H groups in total. The molecule has 0 aliphatic heterocycles. The van der Waals surface area contributed by atoms with E-state index >= 15 is 0 Å². The normalized spacial score (nSPS) is 12.1. The Hall–Kier alpha value is -3.36. The molecule has 188 valence electrons. The highest BCUT2D eigenvalue weighted by Crippen LogP contribution is 2.30. The average molecular weight is 490 g/mol. The number of halogens is 3. The first-order chi connectivity index (χ1) is 16.4. The van der Waals surface area contributed by atoms with E-state index in [-0.39, 0.29) is 0 Å². The molecule has 0 unspecified atom stereocenters. The van der Waals surface area contributed by atoms with E-state index in [1.54, 1.807) is 6.07 Å². The Bertz CT molecular complexity index is 1170. The highest BCUT2D eigenvalue weighted by molar-refractivity contribution is 5.76. The SMILES string of the molecule is CCCn1nc(-c2ccc(C(F)(F)F)cc2)nc1CCCc1ccc(OC(C)(C)C(=O)O)c(C)c1. The van der Waals surface area contributed by atoms with Gasteiger partial charge in [-0.15, -0.1) is 0 Å². The van der Waals surface area contributed by atoms with E-state index in [0.717, 1.165) is 48.3 Å². The average Bonchev–Trinajstić information content (AvgIpc) is 3.18. The number of aromatic nitrogens is 3. The van der Waals surface area contributed by atoms with Crippen LogP contribution in [0.2, 0.25) is 0 Å². The lowest BCUT2D eigenvalue weighted by Gasteiger charge is -2.23. The predicted octanol–water partition coefficient (Wildman–Crippen LogP) is 6.10. The van der Waals surface area contributed by atoms with Crippen LogP contribution in [0.5, 0.6) is 5.75 Å². The predicted molar refractivity (Wildman–Crippen MR) is 126 cm³/mol. The van der Waals surface area contributed by atoms with Gasteiger partial charge in [0.2, 0.25) is 0 Å². The number of nitrogens with zero attached hydrogens (tertiary/aromatic N) is 3. The van der Waals surface area contributed by atoms with E-state index in [1.807, 2.05) is 30.7 Å². The van der Waals surface area contributed by atoms with E-state index < -0.39 is 23.3 Å². The van der Waals surface area contributed by atoms with Crippen molar-refractivity contribution in [2.24, 2.45) is 0 Å². The zero-order valence-corrected chi connectivity index (χ0v) is 20.3. The van der Waals surface area contributed by atoms with Crippen LogP contribution in [0.25, 0.3) is 11.4 Å². The van der Waals surface area contributed by atoms with Gasteiger partial charge >= 0.3 is 12.1 Å². The van der Waals surface area contributed by atoms with Gasteiger partial charge in [-0.2, -0.15) is 18.3 Å². The Balaban J connectivity index is 1.68. The van der Waals surface area contributed by atoms with E-state index in [4.69, 9.17) is 4.74 Å². The van der Waals surface area contributed by atoms with Gasteiger partial charge in [-0.05, 0) is 69.4 Å². The number of carboxylic acids is 1. The maximum absolute atomic E-state index is 12.9. The van der Waals surface area contributed by atoms with Gasteiger partial charge in [-0.1, -0.05) is 31.2 Å². The van der Waals surface area contributed by atoms with Crippen molar-refractivity contribution in [3.63, 3.8) is 0 Å².